The van der Waals surface area contributed by atoms with Gasteiger partial charge in [0.1, 0.15) is 0 Å². The SMILES string of the molecule is CON1C(=O)c2ccc(Cc3ccc4c(c3)C(=O)N(OC)C4=O)cc2C1=O. The molecule has 27 heavy (non-hydrogen) atoms. The van der Waals surface area contributed by atoms with Gasteiger partial charge >= 0.3 is 0 Å². The zero-order valence-corrected chi connectivity index (χ0v) is 14.5. The van der Waals surface area contributed by atoms with E-state index in [2.05, 4.69) is 0 Å². The van der Waals surface area contributed by atoms with Crippen LogP contribution in [0.15, 0.2) is 36.4 Å². The van der Waals surface area contributed by atoms with Gasteiger partial charge in [0.15, 0.2) is 0 Å². The lowest BCUT2D eigenvalue weighted by Gasteiger charge is -2.08. The number of hydroxylamine groups is 4. The van der Waals surface area contributed by atoms with Crippen LogP contribution < -0.4 is 0 Å². The Morgan fingerprint density at radius 3 is 1.37 bits per heavy atom. The van der Waals surface area contributed by atoms with Crippen LogP contribution in [-0.2, 0) is 16.1 Å². The third kappa shape index (κ3) is 2.46. The maximum atomic E-state index is 12.2. The van der Waals surface area contributed by atoms with Gasteiger partial charge in [0.05, 0.1) is 36.5 Å². The number of rotatable bonds is 4. The van der Waals surface area contributed by atoms with Crippen LogP contribution in [0.25, 0.3) is 0 Å². The molecule has 0 unspecified atom stereocenters. The fourth-order valence-electron chi connectivity index (χ4n) is 3.32. The van der Waals surface area contributed by atoms with Crippen LogP contribution in [-0.4, -0.2) is 48.0 Å². The fraction of sp³-hybridized carbons (Fsp3) is 0.158. The van der Waals surface area contributed by atoms with E-state index in [-0.39, 0.29) is 22.3 Å². The lowest BCUT2D eigenvalue weighted by atomic mass is 9.98. The highest BCUT2D eigenvalue weighted by Gasteiger charge is 2.37. The molecule has 2 aliphatic heterocycles. The van der Waals surface area contributed by atoms with Crippen molar-refractivity contribution in [3.05, 3.63) is 69.8 Å². The van der Waals surface area contributed by atoms with Crippen LogP contribution in [0, 0.1) is 0 Å². The molecule has 0 bridgehead atoms. The normalized spacial score (nSPS) is 15.6. The van der Waals surface area contributed by atoms with Gasteiger partial charge in [0.25, 0.3) is 23.6 Å². The Morgan fingerprint density at radius 1 is 0.630 bits per heavy atom. The Balaban J connectivity index is 1.64. The van der Waals surface area contributed by atoms with Crippen LogP contribution >= 0.6 is 0 Å². The summed E-state index contributed by atoms with van der Waals surface area (Å²) >= 11 is 0. The van der Waals surface area contributed by atoms with Crippen molar-refractivity contribution in [2.24, 2.45) is 0 Å². The molecular weight excluding hydrogens is 352 g/mol. The summed E-state index contributed by atoms with van der Waals surface area (Å²) in [5.41, 5.74) is 2.70. The third-order valence-corrected chi connectivity index (χ3v) is 4.60. The van der Waals surface area contributed by atoms with Crippen LogP contribution in [0.5, 0.6) is 0 Å². The summed E-state index contributed by atoms with van der Waals surface area (Å²) in [6, 6.07) is 9.92. The molecule has 0 aliphatic carbocycles. The van der Waals surface area contributed by atoms with E-state index in [0.717, 1.165) is 11.1 Å². The first-order chi connectivity index (χ1) is 13.0. The van der Waals surface area contributed by atoms with E-state index in [1.54, 1.807) is 36.4 Å². The second-order valence-electron chi connectivity index (χ2n) is 6.11. The third-order valence-electron chi connectivity index (χ3n) is 4.60. The highest BCUT2D eigenvalue weighted by molar-refractivity contribution is 6.21. The molecule has 0 aromatic heterocycles. The van der Waals surface area contributed by atoms with Gasteiger partial charge in [-0.15, -0.1) is 10.1 Å². The zero-order valence-electron chi connectivity index (χ0n) is 14.5. The molecule has 0 saturated heterocycles. The number of benzene rings is 2. The molecule has 2 aromatic rings. The topological polar surface area (TPSA) is 93.2 Å². The van der Waals surface area contributed by atoms with E-state index in [4.69, 9.17) is 9.68 Å². The number of nitrogens with zero attached hydrogens (tertiary/aromatic N) is 2. The van der Waals surface area contributed by atoms with E-state index in [9.17, 15) is 19.2 Å². The van der Waals surface area contributed by atoms with E-state index < -0.39 is 23.6 Å². The molecule has 0 N–H and O–H groups in total. The van der Waals surface area contributed by atoms with Crippen LogP contribution in [0.3, 0.4) is 0 Å². The average Bonchev–Trinajstić information content (AvgIpc) is 3.05. The monoisotopic (exact) mass is 366 g/mol. The van der Waals surface area contributed by atoms with E-state index in [0.29, 0.717) is 16.5 Å². The van der Waals surface area contributed by atoms with Gasteiger partial charge in [-0.1, -0.05) is 12.1 Å². The fourth-order valence-corrected chi connectivity index (χ4v) is 3.32. The molecule has 136 valence electrons. The van der Waals surface area contributed by atoms with Gasteiger partial charge in [-0.3, -0.25) is 28.9 Å². The van der Waals surface area contributed by atoms with Crippen molar-refractivity contribution in [2.45, 2.75) is 6.42 Å². The lowest BCUT2D eigenvalue weighted by Crippen LogP contribution is -2.28. The van der Waals surface area contributed by atoms with E-state index >= 15 is 0 Å². The smallest absolute Gasteiger partial charge is 0.266 e. The average molecular weight is 366 g/mol. The lowest BCUT2D eigenvalue weighted by molar-refractivity contribution is -0.0649. The van der Waals surface area contributed by atoms with Crippen molar-refractivity contribution >= 4 is 23.6 Å². The minimum absolute atomic E-state index is 0.275. The molecule has 8 nitrogen and oxygen atoms in total. The summed E-state index contributed by atoms with van der Waals surface area (Å²) in [6.45, 7) is 0. The van der Waals surface area contributed by atoms with Gasteiger partial charge in [0.2, 0.25) is 0 Å². The van der Waals surface area contributed by atoms with Crippen LogP contribution in [0.2, 0.25) is 0 Å². The summed E-state index contributed by atoms with van der Waals surface area (Å²) in [7, 11) is 2.52. The summed E-state index contributed by atoms with van der Waals surface area (Å²) in [5.74, 6) is -2.01. The van der Waals surface area contributed by atoms with Crippen molar-refractivity contribution in [1.82, 2.24) is 10.1 Å². The van der Waals surface area contributed by atoms with Crippen LogP contribution in [0.1, 0.15) is 52.6 Å². The van der Waals surface area contributed by atoms with Gasteiger partial charge in [-0.25, -0.2) is 0 Å². The standard InChI is InChI=1S/C19H14N2O6/c1-26-20-16(22)12-5-3-10(8-14(12)18(20)24)7-11-4-6-13-15(9-11)19(25)21(27-2)17(13)23/h3-6,8-9H,7H2,1-2H3. The Bertz CT molecular complexity index is 947. The summed E-state index contributed by atoms with van der Waals surface area (Å²) in [6.07, 6.45) is 0.420. The minimum atomic E-state index is -0.509. The molecule has 0 atom stereocenters. The summed E-state index contributed by atoms with van der Waals surface area (Å²) < 4.78 is 0. The predicted octanol–water partition coefficient (Wildman–Crippen LogP) is 1.59. The molecule has 0 radical (unpaired) electrons. The highest BCUT2D eigenvalue weighted by atomic mass is 16.7. The first-order valence-electron chi connectivity index (χ1n) is 8.08. The molecule has 0 fully saturated rings. The molecule has 4 amide bonds. The highest BCUT2D eigenvalue weighted by Crippen LogP contribution is 2.27. The first-order valence-corrected chi connectivity index (χ1v) is 8.08. The van der Waals surface area contributed by atoms with Crippen molar-refractivity contribution < 1.29 is 28.9 Å². The molecule has 4 rings (SSSR count). The van der Waals surface area contributed by atoms with Crippen molar-refractivity contribution in [2.75, 3.05) is 14.2 Å². The number of carbonyl (C=O) groups excluding carboxylic acids is 4. The van der Waals surface area contributed by atoms with Gasteiger partial charge in [-0.2, -0.15) is 0 Å². The predicted molar refractivity (Wildman–Crippen MR) is 90.7 cm³/mol. The zero-order chi connectivity index (χ0) is 19.3. The molecule has 2 heterocycles. The molecule has 0 spiro atoms. The van der Waals surface area contributed by atoms with E-state index in [1.165, 1.54) is 14.2 Å². The largest absolute Gasteiger partial charge is 0.285 e. The molecule has 0 saturated carbocycles. The summed E-state index contributed by atoms with van der Waals surface area (Å²) in [5, 5.41) is 1.43. The Hall–Kier alpha value is -3.36. The first kappa shape index (κ1) is 17.1. The van der Waals surface area contributed by atoms with Crippen molar-refractivity contribution in [3.63, 3.8) is 0 Å². The Morgan fingerprint density at radius 2 is 1.00 bits per heavy atom. The Kier molecular flexibility index (Phi) is 3.87. The molecule has 8 heteroatoms. The van der Waals surface area contributed by atoms with E-state index in [1.807, 2.05) is 0 Å². The number of imide groups is 2. The number of fused-ring (bicyclic) bond motifs is 2. The number of carbonyl (C=O) groups is 4. The van der Waals surface area contributed by atoms with Crippen molar-refractivity contribution in [3.8, 4) is 0 Å². The van der Waals surface area contributed by atoms with Crippen LogP contribution in [0.4, 0.5) is 0 Å². The Labute approximate surface area is 153 Å². The van der Waals surface area contributed by atoms with Gasteiger partial charge in [0, 0.05) is 0 Å². The molecular formula is C19H14N2O6. The quantitative estimate of drug-likeness (QED) is 0.763. The van der Waals surface area contributed by atoms with Gasteiger partial charge < -0.3 is 0 Å². The second kappa shape index (κ2) is 6.11. The second-order valence-corrected chi connectivity index (χ2v) is 6.11. The summed E-state index contributed by atoms with van der Waals surface area (Å²) in [4.78, 5) is 58.2. The number of hydrogen-bond donors (Lipinski definition) is 0. The maximum absolute atomic E-state index is 12.2. The number of amides is 4. The van der Waals surface area contributed by atoms with Gasteiger partial charge in [-0.05, 0) is 41.8 Å². The molecule has 2 aliphatic rings. The van der Waals surface area contributed by atoms with Crippen molar-refractivity contribution in [1.29, 1.82) is 0 Å². The minimum Gasteiger partial charge on any atom is -0.266 e. The maximum Gasteiger partial charge on any atom is 0.285 e. The number of hydrogen-bond acceptors (Lipinski definition) is 6. The molecule has 2 aromatic carbocycles.